The predicted molar refractivity (Wildman–Crippen MR) is 299 cm³/mol. The molecule has 5 saturated heterocycles. The molecule has 428 valence electrons. The van der Waals surface area contributed by atoms with Gasteiger partial charge in [0.05, 0.1) is 25.8 Å². The number of nitrogens with zero attached hydrogens (tertiary/aromatic N) is 8. The Kier molecular flexibility index (Phi) is 22.9. The number of ether oxygens (including phenoxy) is 4. The van der Waals surface area contributed by atoms with Crippen molar-refractivity contribution in [3.8, 4) is 0 Å². The van der Waals surface area contributed by atoms with E-state index in [-0.39, 0.29) is 38.4 Å². The number of hydrogen-bond donors (Lipinski definition) is 0. The molecule has 3 unspecified atom stereocenters. The van der Waals surface area contributed by atoms with Gasteiger partial charge in [-0.1, -0.05) is 121 Å². The van der Waals surface area contributed by atoms with Crippen LogP contribution in [-0.4, -0.2) is 227 Å². The number of hydrogen-bond acceptors (Lipinski definition) is 17. The van der Waals surface area contributed by atoms with Crippen LogP contribution >= 0.6 is 0 Å². The van der Waals surface area contributed by atoms with Gasteiger partial charge in [-0.25, -0.2) is 9.59 Å². The minimum atomic E-state index is -3.52. The third-order valence-corrected chi connectivity index (χ3v) is 15.6. The Morgan fingerprint density at radius 2 is 0.924 bits per heavy atom. The number of benzene rings is 4. The van der Waals surface area contributed by atoms with Crippen molar-refractivity contribution >= 4 is 34.2 Å². The maximum Gasteiger partial charge on any atom is 0.410 e. The summed E-state index contributed by atoms with van der Waals surface area (Å²) in [4.78, 5) is 68.5. The van der Waals surface area contributed by atoms with Gasteiger partial charge in [0, 0.05) is 111 Å². The second kappa shape index (κ2) is 30.6. The van der Waals surface area contributed by atoms with E-state index in [1.54, 1.807) is 4.90 Å². The van der Waals surface area contributed by atoms with Crippen LogP contribution in [0.3, 0.4) is 0 Å². The number of carbonyl (C=O) groups is 4. The molecule has 79 heavy (non-hydrogen) atoms. The lowest BCUT2D eigenvalue weighted by Gasteiger charge is -2.38. The van der Waals surface area contributed by atoms with E-state index in [1.807, 2.05) is 76.5 Å². The number of esters is 2. The molecule has 0 radical (unpaired) electrons. The number of piperazine rings is 3. The fourth-order valence-corrected chi connectivity index (χ4v) is 11.0. The highest BCUT2D eigenvalue weighted by atomic mass is 32.2. The number of carbonyl (C=O) groups excluding carboxylic acids is 4. The molecule has 5 aliphatic heterocycles. The van der Waals surface area contributed by atoms with Crippen molar-refractivity contribution in [2.75, 3.05) is 137 Å². The Bertz CT molecular complexity index is 2590. The predicted octanol–water partition coefficient (Wildman–Crippen LogP) is 4.87. The van der Waals surface area contributed by atoms with Crippen LogP contribution in [-0.2, 0) is 69.1 Å². The van der Waals surface area contributed by atoms with E-state index in [0.717, 1.165) is 109 Å². The fraction of sp³-hybridized carbons (Fsp3) is 0.525. The van der Waals surface area contributed by atoms with Crippen LogP contribution in [0.2, 0.25) is 0 Å². The summed E-state index contributed by atoms with van der Waals surface area (Å²) >= 11 is 0. The maximum absolute atomic E-state index is 13.4. The topological polar surface area (TPSA) is 174 Å². The highest BCUT2D eigenvalue weighted by Gasteiger charge is 2.37. The van der Waals surface area contributed by atoms with E-state index in [9.17, 15) is 27.6 Å². The summed E-state index contributed by atoms with van der Waals surface area (Å²) in [5.41, 5.74) is 4.48. The fourth-order valence-electron chi connectivity index (χ4n) is 10.6. The third-order valence-electron chi connectivity index (χ3n) is 15.0. The lowest BCUT2D eigenvalue weighted by atomic mass is 10.1. The van der Waals surface area contributed by atoms with Gasteiger partial charge in [0.2, 0.25) is 0 Å². The van der Waals surface area contributed by atoms with Gasteiger partial charge in [0.25, 0.3) is 10.1 Å². The zero-order valence-corrected chi connectivity index (χ0v) is 46.7. The summed E-state index contributed by atoms with van der Waals surface area (Å²) < 4.78 is 49.0. The Morgan fingerprint density at radius 3 is 1.39 bits per heavy atom. The van der Waals surface area contributed by atoms with Crippen molar-refractivity contribution in [1.29, 1.82) is 0 Å². The normalized spacial score (nSPS) is 20.5. The number of amides is 2. The van der Waals surface area contributed by atoms with Gasteiger partial charge in [-0.15, -0.1) is 0 Å². The maximum atomic E-state index is 13.4. The first-order valence-electron chi connectivity index (χ1n) is 28.0. The minimum Gasteiger partial charge on any atom is -0.461 e. The largest absolute Gasteiger partial charge is 0.461 e. The molecule has 0 bridgehead atoms. The summed E-state index contributed by atoms with van der Waals surface area (Å²) in [6, 6.07) is 39.4. The van der Waals surface area contributed by atoms with Gasteiger partial charge in [-0.3, -0.25) is 33.4 Å². The Balaban J connectivity index is 0.000000247. The second-order valence-corrected chi connectivity index (χ2v) is 22.7. The molecule has 5 aliphatic rings. The molecule has 4 aromatic rings. The molecular weight excluding hydrogens is 1030 g/mol. The van der Waals surface area contributed by atoms with Crippen molar-refractivity contribution < 1.29 is 50.7 Å². The molecule has 9 rings (SSSR count). The average Bonchev–Trinajstić information content (AvgIpc) is 4.01. The van der Waals surface area contributed by atoms with Crippen molar-refractivity contribution in [2.45, 2.75) is 63.8 Å². The van der Waals surface area contributed by atoms with Crippen LogP contribution < -0.4 is 0 Å². The second-order valence-electron chi connectivity index (χ2n) is 21.1. The molecule has 20 heteroatoms. The van der Waals surface area contributed by atoms with Crippen molar-refractivity contribution in [2.24, 2.45) is 0 Å². The first-order valence-corrected chi connectivity index (χ1v) is 29.8. The van der Waals surface area contributed by atoms with Gasteiger partial charge in [-0.2, -0.15) is 8.42 Å². The molecule has 0 aromatic heterocycles. The third kappa shape index (κ3) is 20.3. The average molecular weight is 1110 g/mol. The van der Waals surface area contributed by atoms with Crippen molar-refractivity contribution in [3.63, 3.8) is 0 Å². The minimum absolute atomic E-state index is 0.0843. The van der Waals surface area contributed by atoms with Crippen LogP contribution in [0.4, 0.5) is 9.59 Å². The van der Waals surface area contributed by atoms with Crippen LogP contribution in [0.5, 0.6) is 0 Å². The first-order chi connectivity index (χ1) is 38.4. The van der Waals surface area contributed by atoms with Gasteiger partial charge < -0.3 is 38.5 Å². The van der Waals surface area contributed by atoms with Gasteiger partial charge >= 0.3 is 24.1 Å². The molecule has 0 N–H and O–H groups in total. The van der Waals surface area contributed by atoms with Crippen LogP contribution in [0.1, 0.15) is 41.5 Å². The molecule has 2 amide bonds. The number of cyclic esters (lactones) is 2. The SMILES string of the molecule is CS(=O)(=O)OCC1CN(CCCN2CCN(Cc3ccccc3)CC2)C(=O)O1.O=C(CC(C(=O)OCc1ccccc1)N1CCN(CC2CN(CCCN3CCN(Cc4ccccc4)CC3)C(=O)O2)CC1)OCc1ccccc1. The van der Waals surface area contributed by atoms with E-state index in [0.29, 0.717) is 58.9 Å². The standard InChI is InChI=1S/C40H51N5O6.C19H29N3O5S/c46-38(49-31-34-13-6-2-7-14-34)27-37(39(47)50-32-35-15-8-3-9-16-35)44-25-23-43(24-26-44)29-36-30-45(40(48)51-36)18-10-17-41-19-21-42(22-20-41)28-33-11-4-1-5-12-33;1-28(24,25)26-16-18-15-22(19(23)27-18)9-5-8-20-10-12-21(13-11-20)14-17-6-3-2-4-7-17/h1-9,11-16,36-37H,10,17-32H2;2-4,6-7,18H,5,8-16H2,1H3. The van der Waals surface area contributed by atoms with E-state index in [1.165, 1.54) is 11.1 Å². The van der Waals surface area contributed by atoms with E-state index < -0.39 is 40.3 Å². The Hall–Kier alpha value is -5.97. The molecule has 5 fully saturated rings. The monoisotopic (exact) mass is 1110 g/mol. The molecule has 5 heterocycles. The van der Waals surface area contributed by atoms with Crippen LogP contribution in [0.25, 0.3) is 0 Å². The van der Waals surface area contributed by atoms with Gasteiger partial charge in [0.15, 0.2) is 0 Å². The van der Waals surface area contributed by atoms with Crippen LogP contribution in [0.15, 0.2) is 121 Å². The van der Waals surface area contributed by atoms with E-state index >= 15 is 0 Å². The summed E-state index contributed by atoms with van der Waals surface area (Å²) in [5, 5.41) is 0. The molecule has 0 aliphatic carbocycles. The molecule has 19 nitrogen and oxygen atoms in total. The van der Waals surface area contributed by atoms with Crippen molar-refractivity contribution in [1.82, 2.24) is 39.2 Å². The van der Waals surface area contributed by atoms with Crippen molar-refractivity contribution in [3.05, 3.63) is 144 Å². The van der Waals surface area contributed by atoms with E-state index in [2.05, 4.69) is 79.1 Å². The lowest BCUT2D eigenvalue weighted by Crippen LogP contribution is -2.54. The molecule has 3 atom stereocenters. The zero-order valence-electron chi connectivity index (χ0n) is 45.8. The molecule has 4 aromatic carbocycles. The Labute approximate surface area is 466 Å². The van der Waals surface area contributed by atoms with Crippen LogP contribution in [0, 0.1) is 0 Å². The molecule has 0 saturated carbocycles. The molecule has 0 spiro atoms. The highest BCUT2D eigenvalue weighted by molar-refractivity contribution is 7.86. The number of rotatable bonds is 25. The quantitative estimate of drug-likeness (QED) is 0.0499. The van der Waals surface area contributed by atoms with E-state index in [4.69, 9.17) is 23.1 Å². The highest BCUT2D eigenvalue weighted by Crippen LogP contribution is 2.20. The smallest absolute Gasteiger partial charge is 0.410 e. The summed E-state index contributed by atoms with van der Waals surface area (Å²) in [7, 11) is -3.52. The summed E-state index contributed by atoms with van der Waals surface area (Å²) in [5.74, 6) is -0.871. The molecular formula is C59H80N8O11S. The van der Waals surface area contributed by atoms with Gasteiger partial charge in [0.1, 0.15) is 38.1 Å². The first kappa shape index (κ1) is 59.2. The lowest BCUT2D eigenvalue weighted by molar-refractivity contribution is -0.159. The Morgan fingerprint density at radius 1 is 0.519 bits per heavy atom. The summed E-state index contributed by atoms with van der Waals surface area (Å²) in [6.07, 6.45) is 1.35. The van der Waals surface area contributed by atoms with Gasteiger partial charge in [-0.05, 0) is 48.2 Å². The summed E-state index contributed by atoms with van der Waals surface area (Å²) in [6.45, 7) is 17.9. The zero-order chi connectivity index (χ0) is 55.2.